The Morgan fingerprint density at radius 3 is 2.42 bits per heavy atom. The van der Waals surface area contributed by atoms with E-state index in [4.69, 9.17) is 15.2 Å². The summed E-state index contributed by atoms with van der Waals surface area (Å²) < 4.78 is 10.4. The van der Waals surface area contributed by atoms with E-state index in [0.717, 1.165) is 18.7 Å². The molecule has 4 heteroatoms. The van der Waals surface area contributed by atoms with Crippen LogP contribution in [0.4, 0.5) is 0 Å². The Balaban J connectivity index is 2.60. The normalized spacial score (nSPS) is 14.6. The third kappa shape index (κ3) is 5.70. The van der Waals surface area contributed by atoms with Gasteiger partial charge >= 0.3 is 0 Å². The van der Waals surface area contributed by atoms with Crippen LogP contribution in [0.2, 0.25) is 0 Å². The van der Waals surface area contributed by atoms with Gasteiger partial charge in [0.15, 0.2) is 0 Å². The van der Waals surface area contributed by atoms with Gasteiger partial charge in [0, 0.05) is 39.4 Å². The highest BCUT2D eigenvalue weighted by molar-refractivity contribution is 5.18. The number of methoxy groups -OCH3 is 2. The zero-order valence-electron chi connectivity index (χ0n) is 12.2. The lowest BCUT2D eigenvalue weighted by molar-refractivity contribution is 0.0714. The molecule has 1 rings (SSSR count). The van der Waals surface area contributed by atoms with Crippen LogP contribution in [0, 0.1) is 0 Å². The third-order valence-corrected chi connectivity index (χ3v) is 3.27. The van der Waals surface area contributed by atoms with Crippen molar-refractivity contribution in [2.45, 2.75) is 19.0 Å². The number of nitrogens with two attached hydrogens (primary N) is 1. The molecule has 0 amide bonds. The molecule has 0 aliphatic heterocycles. The van der Waals surface area contributed by atoms with Crippen molar-refractivity contribution >= 4 is 0 Å². The van der Waals surface area contributed by atoms with E-state index in [1.807, 2.05) is 18.2 Å². The van der Waals surface area contributed by atoms with Crippen LogP contribution in [-0.4, -0.2) is 51.5 Å². The first kappa shape index (κ1) is 16.1. The minimum atomic E-state index is 0.0114. The van der Waals surface area contributed by atoms with Crippen LogP contribution in [0.25, 0.3) is 0 Å². The molecule has 0 spiro atoms. The van der Waals surface area contributed by atoms with Crippen LogP contribution in [-0.2, 0) is 9.47 Å². The second kappa shape index (κ2) is 9.04. The van der Waals surface area contributed by atoms with E-state index in [9.17, 15) is 0 Å². The lowest BCUT2D eigenvalue weighted by Gasteiger charge is -2.30. The number of ether oxygens (including phenoxy) is 2. The molecule has 108 valence electrons. The van der Waals surface area contributed by atoms with Crippen LogP contribution >= 0.6 is 0 Å². The molecule has 0 heterocycles. The smallest absolute Gasteiger partial charge is 0.0615 e. The van der Waals surface area contributed by atoms with E-state index in [1.165, 1.54) is 0 Å². The zero-order chi connectivity index (χ0) is 14.1. The highest BCUT2D eigenvalue weighted by atomic mass is 16.5. The molecule has 2 unspecified atom stereocenters. The summed E-state index contributed by atoms with van der Waals surface area (Å²) in [6, 6.07) is 10.5. The monoisotopic (exact) mass is 266 g/mol. The summed E-state index contributed by atoms with van der Waals surface area (Å²) in [5, 5.41) is 0. The van der Waals surface area contributed by atoms with E-state index in [-0.39, 0.29) is 6.04 Å². The third-order valence-electron chi connectivity index (χ3n) is 3.27. The maximum atomic E-state index is 6.28. The summed E-state index contributed by atoms with van der Waals surface area (Å²) in [7, 11) is 3.44. The highest BCUT2D eigenvalue weighted by Gasteiger charge is 2.17. The van der Waals surface area contributed by atoms with Crippen molar-refractivity contribution in [2.75, 3.05) is 40.5 Å². The fourth-order valence-corrected chi connectivity index (χ4v) is 2.11. The summed E-state index contributed by atoms with van der Waals surface area (Å²) in [4.78, 5) is 2.31. The second-order valence-electron chi connectivity index (χ2n) is 4.81. The fraction of sp³-hybridized carbons (Fsp3) is 0.600. The molecule has 4 nitrogen and oxygen atoms in total. The van der Waals surface area contributed by atoms with Crippen molar-refractivity contribution in [3.63, 3.8) is 0 Å². The Hall–Kier alpha value is -0.940. The highest BCUT2D eigenvalue weighted by Crippen LogP contribution is 2.13. The predicted octanol–water partition coefficient (Wildman–Crippen LogP) is 1.67. The molecule has 0 saturated carbocycles. The Labute approximate surface area is 116 Å². The number of rotatable bonds is 9. The number of benzene rings is 1. The van der Waals surface area contributed by atoms with E-state index in [2.05, 4.69) is 24.0 Å². The van der Waals surface area contributed by atoms with Crippen LogP contribution in [0.1, 0.15) is 18.5 Å². The zero-order valence-corrected chi connectivity index (χ0v) is 12.2. The number of nitrogens with zero attached hydrogens (tertiary/aromatic N) is 1. The molecule has 19 heavy (non-hydrogen) atoms. The Morgan fingerprint density at radius 1 is 1.16 bits per heavy atom. The molecule has 1 aromatic rings. The quantitative estimate of drug-likeness (QED) is 0.738. The van der Waals surface area contributed by atoms with Gasteiger partial charge in [0.25, 0.3) is 0 Å². The second-order valence-corrected chi connectivity index (χ2v) is 4.81. The fourth-order valence-electron chi connectivity index (χ4n) is 2.11. The summed E-state index contributed by atoms with van der Waals surface area (Å²) >= 11 is 0. The molecule has 2 atom stereocenters. The van der Waals surface area contributed by atoms with Crippen LogP contribution in [0.5, 0.6) is 0 Å². The topological polar surface area (TPSA) is 47.7 Å². The molecule has 0 bridgehead atoms. The molecule has 0 aliphatic rings. The maximum Gasteiger partial charge on any atom is 0.0615 e. The van der Waals surface area contributed by atoms with Crippen LogP contribution in [0.15, 0.2) is 30.3 Å². The van der Waals surface area contributed by atoms with Crippen molar-refractivity contribution < 1.29 is 9.47 Å². The Kier molecular flexibility index (Phi) is 7.67. The van der Waals surface area contributed by atoms with Gasteiger partial charge in [-0.1, -0.05) is 30.3 Å². The Bertz CT molecular complexity index is 332. The van der Waals surface area contributed by atoms with Crippen LogP contribution < -0.4 is 5.73 Å². The number of hydrogen-bond acceptors (Lipinski definition) is 4. The average molecular weight is 266 g/mol. The van der Waals surface area contributed by atoms with E-state index in [0.29, 0.717) is 19.3 Å². The molecule has 1 aromatic carbocycles. The SMILES string of the molecule is COCCN(CC(N)c1ccccc1)C(C)COC. The molecule has 0 aliphatic carbocycles. The predicted molar refractivity (Wildman–Crippen MR) is 78.2 cm³/mol. The van der Waals surface area contributed by atoms with E-state index in [1.54, 1.807) is 14.2 Å². The van der Waals surface area contributed by atoms with E-state index >= 15 is 0 Å². The van der Waals surface area contributed by atoms with Crippen molar-refractivity contribution in [1.29, 1.82) is 0 Å². The molecular formula is C15H26N2O2. The first-order chi connectivity index (χ1) is 9.19. The number of hydrogen-bond donors (Lipinski definition) is 1. The van der Waals surface area contributed by atoms with E-state index < -0.39 is 0 Å². The summed E-state index contributed by atoms with van der Waals surface area (Å²) in [5.41, 5.74) is 7.44. The standard InChI is InChI=1S/C15H26N2O2/c1-13(12-19-3)17(9-10-18-2)11-15(16)14-7-5-4-6-8-14/h4-8,13,15H,9-12,16H2,1-3H3. The largest absolute Gasteiger partial charge is 0.383 e. The Morgan fingerprint density at radius 2 is 1.84 bits per heavy atom. The molecule has 0 saturated heterocycles. The molecule has 0 radical (unpaired) electrons. The van der Waals surface area contributed by atoms with Gasteiger partial charge in [-0.25, -0.2) is 0 Å². The summed E-state index contributed by atoms with van der Waals surface area (Å²) in [5.74, 6) is 0. The minimum Gasteiger partial charge on any atom is -0.383 e. The van der Waals surface area contributed by atoms with Gasteiger partial charge in [-0.3, -0.25) is 4.90 Å². The van der Waals surface area contributed by atoms with Gasteiger partial charge in [0.2, 0.25) is 0 Å². The summed E-state index contributed by atoms with van der Waals surface area (Å²) in [6.07, 6.45) is 0. The van der Waals surface area contributed by atoms with Crippen molar-refractivity contribution in [1.82, 2.24) is 4.90 Å². The maximum absolute atomic E-state index is 6.28. The van der Waals surface area contributed by atoms with Gasteiger partial charge in [0.1, 0.15) is 0 Å². The van der Waals surface area contributed by atoms with Gasteiger partial charge in [-0.05, 0) is 12.5 Å². The van der Waals surface area contributed by atoms with Gasteiger partial charge < -0.3 is 15.2 Å². The lowest BCUT2D eigenvalue weighted by Crippen LogP contribution is -2.42. The van der Waals surface area contributed by atoms with Gasteiger partial charge in [-0.2, -0.15) is 0 Å². The first-order valence-electron chi connectivity index (χ1n) is 6.71. The first-order valence-corrected chi connectivity index (χ1v) is 6.71. The van der Waals surface area contributed by atoms with Gasteiger partial charge in [0.05, 0.1) is 13.2 Å². The average Bonchev–Trinajstić information content (AvgIpc) is 2.44. The van der Waals surface area contributed by atoms with Crippen molar-refractivity contribution in [3.8, 4) is 0 Å². The lowest BCUT2D eigenvalue weighted by atomic mass is 10.1. The summed E-state index contributed by atoms with van der Waals surface area (Å²) in [6.45, 7) is 5.22. The van der Waals surface area contributed by atoms with Gasteiger partial charge in [-0.15, -0.1) is 0 Å². The van der Waals surface area contributed by atoms with Crippen molar-refractivity contribution in [3.05, 3.63) is 35.9 Å². The molecule has 2 N–H and O–H groups in total. The molecule has 0 fully saturated rings. The van der Waals surface area contributed by atoms with Crippen LogP contribution in [0.3, 0.4) is 0 Å². The minimum absolute atomic E-state index is 0.0114. The molecule has 0 aromatic heterocycles. The van der Waals surface area contributed by atoms with Crippen molar-refractivity contribution in [2.24, 2.45) is 5.73 Å². The molecular weight excluding hydrogens is 240 g/mol.